The molecule has 0 radical (unpaired) electrons. The molecule has 3 heterocycles. The number of amides is 2. The lowest BCUT2D eigenvalue weighted by atomic mass is 10.0. The van der Waals surface area contributed by atoms with Crippen molar-refractivity contribution in [1.82, 2.24) is 14.8 Å². The van der Waals surface area contributed by atoms with Gasteiger partial charge in [-0.1, -0.05) is 0 Å². The second kappa shape index (κ2) is 7.82. The van der Waals surface area contributed by atoms with E-state index in [0.717, 1.165) is 32.2 Å². The number of primary amides is 1. The Morgan fingerprint density at radius 3 is 2.72 bits per heavy atom. The maximum absolute atomic E-state index is 12.8. The predicted molar refractivity (Wildman–Crippen MR) is 93.3 cm³/mol. The van der Waals surface area contributed by atoms with Crippen LogP contribution in [0.1, 0.15) is 43.0 Å². The fraction of sp³-hybridized carbons (Fsp3) is 0.611. The van der Waals surface area contributed by atoms with Gasteiger partial charge in [0, 0.05) is 25.3 Å². The zero-order chi connectivity index (χ0) is 17.8. The first kappa shape index (κ1) is 17.7. The van der Waals surface area contributed by atoms with E-state index in [1.165, 1.54) is 0 Å². The first-order chi connectivity index (χ1) is 12.1. The third kappa shape index (κ3) is 3.76. The van der Waals surface area contributed by atoms with Gasteiger partial charge in [-0.2, -0.15) is 0 Å². The standard InChI is InChI=1S/C18H26N4O3/c1-2-25-17-14(5-3-9-20-17)18(24)21-11-7-13(8-12-21)22-10-4-6-15(22)16(19)23/h3,5,9,13,15H,2,4,6-8,10-12H2,1H3,(H2,19,23)/t15-/m0/s1. The molecule has 0 aliphatic carbocycles. The second-order valence-electron chi connectivity index (χ2n) is 6.61. The van der Waals surface area contributed by atoms with Gasteiger partial charge in [-0.3, -0.25) is 14.5 Å². The van der Waals surface area contributed by atoms with Gasteiger partial charge in [-0.15, -0.1) is 0 Å². The van der Waals surface area contributed by atoms with Gasteiger partial charge in [-0.25, -0.2) is 4.98 Å². The van der Waals surface area contributed by atoms with Gasteiger partial charge in [-0.05, 0) is 51.3 Å². The van der Waals surface area contributed by atoms with Crippen molar-refractivity contribution >= 4 is 11.8 Å². The van der Waals surface area contributed by atoms with Crippen LogP contribution in [0.4, 0.5) is 0 Å². The average Bonchev–Trinajstić information content (AvgIpc) is 3.12. The number of piperidine rings is 1. The third-order valence-corrected chi connectivity index (χ3v) is 5.13. The lowest BCUT2D eigenvalue weighted by Gasteiger charge is -2.38. The molecule has 0 bridgehead atoms. The fourth-order valence-electron chi connectivity index (χ4n) is 3.91. The molecule has 2 aliphatic rings. The molecule has 0 aromatic carbocycles. The number of aromatic nitrogens is 1. The summed E-state index contributed by atoms with van der Waals surface area (Å²) in [6.07, 6.45) is 5.22. The third-order valence-electron chi connectivity index (χ3n) is 5.13. The van der Waals surface area contributed by atoms with Gasteiger partial charge < -0.3 is 15.4 Å². The van der Waals surface area contributed by atoms with Gasteiger partial charge in [0.1, 0.15) is 5.56 Å². The Hall–Kier alpha value is -2.15. The smallest absolute Gasteiger partial charge is 0.259 e. The first-order valence-electron chi connectivity index (χ1n) is 9.04. The number of hydrogen-bond donors (Lipinski definition) is 1. The van der Waals surface area contributed by atoms with E-state index >= 15 is 0 Å². The highest BCUT2D eigenvalue weighted by Crippen LogP contribution is 2.27. The van der Waals surface area contributed by atoms with Crippen molar-refractivity contribution in [2.45, 2.75) is 44.7 Å². The van der Waals surface area contributed by atoms with Crippen LogP contribution in [0.15, 0.2) is 18.3 Å². The van der Waals surface area contributed by atoms with E-state index in [0.29, 0.717) is 37.2 Å². The molecule has 1 aromatic heterocycles. The molecule has 2 saturated heterocycles. The molecule has 0 unspecified atom stereocenters. The van der Waals surface area contributed by atoms with Crippen LogP contribution >= 0.6 is 0 Å². The highest BCUT2D eigenvalue weighted by Gasteiger charge is 2.36. The van der Waals surface area contributed by atoms with Crippen LogP contribution in [0, 0.1) is 0 Å². The van der Waals surface area contributed by atoms with Crippen LogP contribution in [0.5, 0.6) is 5.88 Å². The van der Waals surface area contributed by atoms with Gasteiger partial charge in [0.2, 0.25) is 11.8 Å². The average molecular weight is 346 g/mol. The molecule has 2 N–H and O–H groups in total. The van der Waals surface area contributed by atoms with Crippen molar-refractivity contribution < 1.29 is 14.3 Å². The number of likely N-dealkylation sites (tertiary alicyclic amines) is 2. The van der Waals surface area contributed by atoms with E-state index in [1.54, 1.807) is 18.3 Å². The summed E-state index contributed by atoms with van der Waals surface area (Å²) < 4.78 is 5.47. The molecule has 1 atom stereocenters. The van der Waals surface area contributed by atoms with E-state index < -0.39 is 0 Å². The Balaban J connectivity index is 1.62. The van der Waals surface area contributed by atoms with Crippen LogP contribution in [0.3, 0.4) is 0 Å². The number of nitrogens with zero attached hydrogens (tertiary/aromatic N) is 3. The lowest BCUT2D eigenvalue weighted by Crippen LogP contribution is -2.51. The number of ether oxygens (including phenoxy) is 1. The van der Waals surface area contributed by atoms with Crippen LogP contribution in [0.25, 0.3) is 0 Å². The molecule has 3 rings (SSSR count). The molecule has 136 valence electrons. The minimum Gasteiger partial charge on any atom is -0.477 e. The van der Waals surface area contributed by atoms with Crippen molar-refractivity contribution in [2.75, 3.05) is 26.2 Å². The lowest BCUT2D eigenvalue weighted by molar-refractivity contribution is -0.123. The largest absolute Gasteiger partial charge is 0.477 e. The van der Waals surface area contributed by atoms with E-state index in [1.807, 2.05) is 11.8 Å². The Bertz CT molecular complexity index is 629. The second-order valence-corrected chi connectivity index (χ2v) is 6.61. The maximum Gasteiger partial charge on any atom is 0.259 e. The molecule has 2 aliphatic heterocycles. The number of carbonyl (C=O) groups excluding carboxylic acids is 2. The first-order valence-corrected chi connectivity index (χ1v) is 9.04. The molecule has 0 saturated carbocycles. The highest BCUT2D eigenvalue weighted by atomic mass is 16.5. The predicted octanol–water partition coefficient (Wildman–Crippen LogP) is 1.03. The number of nitrogens with two attached hydrogens (primary N) is 1. The zero-order valence-corrected chi connectivity index (χ0v) is 14.7. The SMILES string of the molecule is CCOc1ncccc1C(=O)N1CCC(N2CCC[C@H]2C(N)=O)CC1. The monoisotopic (exact) mass is 346 g/mol. The topological polar surface area (TPSA) is 88.8 Å². The van der Waals surface area contributed by atoms with Gasteiger partial charge in [0.25, 0.3) is 5.91 Å². The molecular weight excluding hydrogens is 320 g/mol. The summed E-state index contributed by atoms with van der Waals surface area (Å²) in [7, 11) is 0. The Morgan fingerprint density at radius 1 is 1.28 bits per heavy atom. The van der Waals surface area contributed by atoms with Gasteiger partial charge >= 0.3 is 0 Å². The van der Waals surface area contributed by atoms with Crippen LogP contribution in [-0.4, -0.2) is 64.9 Å². The van der Waals surface area contributed by atoms with E-state index in [4.69, 9.17) is 10.5 Å². The Labute approximate surface area is 148 Å². The van der Waals surface area contributed by atoms with E-state index in [9.17, 15) is 9.59 Å². The quantitative estimate of drug-likeness (QED) is 0.860. The number of rotatable bonds is 5. The Morgan fingerprint density at radius 2 is 2.04 bits per heavy atom. The minimum absolute atomic E-state index is 0.0390. The fourth-order valence-corrected chi connectivity index (χ4v) is 3.91. The number of hydrogen-bond acceptors (Lipinski definition) is 5. The molecular formula is C18H26N4O3. The van der Waals surface area contributed by atoms with Crippen molar-refractivity contribution in [2.24, 2.45) is 5.73 Å². The van der Waals surface area contributed by atoms with Crippen molar-refractivity contribution in [3.8, 4) is 5.88 Å². The van der Waals surface area contributed by atoms with Gasteiger partial charge in [0.05, 0.1) is 12.6 Å². The summed E-state index contributed by atoms with van der Waals surface area (Å²) in [6.45, 7) is 4.61. The molecule has 2 fully saturated rings. The number of carbonyl (C=O) groups is 2. The molecule has 2 amide bonds. The van der Waals surface area contributed by atoms with Crippen molar-refractivity contribution in [3.05, 3.63) is 23.9 Å². The summed E-state index contributed by atoms with van der Waals surface area (Å²) in [5, 5.41) is 0. The van der Waals surface area contributed by atoms with Crippen molar-refractivity contribution in [3.63, 3.8) is 0 Å². The summed E-state index contributed by atoms with van der Waals surface area (Å²) >= 11 is 0. The highest BCUT2D eigenvalue weighted by molar-refractivity contribution is 5.96. The molecule has 7 heteroatoms. The van der Waals surface area contributed by atoms with E-state index in [-0.39, 0.29) is 17.9 Å². The summed E-state index contributed by atoms with van der Waals surface area (Å²) in [5.74, 6) is 0.126. The molecule has 7 nitrogen and oxygen atoms in total. The molecule has 25 heavy (non-hydrogen) atoms. The van der Waals surface area contributed by atoms with Crippen LogP contribution < -0.4 is 10.5 Å². The number of pyridine rings is 1. The Kier molecular flexibility index (Phi) is 5.53. The zero-order valence-electron chi connectivity index (χ0n) is 14.7. The van der Waals surface area contributed by atoms with Crippen LogP contribution in [-0.2, 0) is 4.79 Å². The van der Waals surface area contributed by atoms with Crippen LogP contribution in [0.2, 0.25) is 0 Å². The van der Waals surface area contributed by atoms with E-state index in [2.05, 4.69) is 9.88 Å². The summed E-state index contributed by atoms with van der Waals surface area (Å²) in [4.78, 5) is 32.7. The van der Waals surface area contributed by atoms with Gasteiger partial charge in [0.15, 0.2) is 0 Å². The summed E-state index contributed by atoms with van der Waals surface area (Å²) in [5.41, 5.74) is 6.04. The minimum atomic E-state index is -0.229. The van der Waals surface area contributed by atoms with Crippen molar-refractivity contribution in [1.29, 1.82) is 0 Å². The molecule has 1 aromatic rings. The normalized spacial score (nSPS) is 22.1. The molecule has 0 spiro atoms. The summed E-state index contributed by atoms with van der Waals surface area (Å²) in [6, 6.07) is 3.69. The maximum atomic E-state index is 12.8.